The van der Waals surface area contributed by atoms with Gasteiger partial charge >= 0.3 is 5.97 Å². The highest BCUT2D eigenvalue weighted by atomic mass is 35.5. The van der Waals surface area contributed by atoms with Crippen molar-refractivity contribution in [2.75, 3.05) is 24.4 Å². The van der Waals surface area contributed by atoms with E-state index in [1.54, 1.807) is 24.3 Å². The second-order valence-corrected chi connectivity index (χ2v) is 7.65. The number of nitrogens with zero attached hydrogens (tertiary/aromatic N) is 1. The van der Waals surface area contributed by atoms with Crippen molar-refractivity contribution < 1.29 is 29.0 Å². The lowest BCUT2D eigenvalue weighted by Gasteiger charge is -2.13. The van der Waals surface area contributed by atoms with E-state index < -0.39 is 17.8 Å². The molecule has 0 spiro atoms. The van der Waals surface area contributed by atoms with Gasteiger partial charge in [0.15, 0.2) is 18.1 Å². The molecule has 9 nitrogen and oxygen atoms in total. The summed E-state index contributed by atoms with van der Waals surface area (Å²) in [5.41, 5.74) is 0.921. The molecule has 10 heteroatoms. The van der Waals surface area contributed by atoms with Crippen molar-refractivity contribution in [2.24, 2.45) is 0 Å². The smallest absolute Gasteiger partial charge is 0.335 e. The van der Waals surface area contributed by atoms with Crippen LogP contribution in [0.25, 0.3) is 6.08 Å². The van der Waals surface area contributed by atoms with E-state index in [0.717, 1.165) is 0 Å². The van der Waals surface area contributed by atoms with Crippen LogP contribution in [0.15, 0.2) is 72.3 Å². The van der Waals surface area contributed by atoms with E-state index in [9.17, 15) is 19.6 Å². The quantitative estimate of drug-likeness (QED) is 0.285. The number of halogens is 1. The zero-order chi connectivity index (χ0) is 26.1. The van der Waals surface area contributed by atoms with E-state index in [4.69, 9.17) is 26.2 Å². The van der Waals surface area contributed by atoms with Gasteiger partial charge in [0.05, 0.1) is 17.7 Å². The molecule has 0 unspecified atom stereocenters. The third kappa shape index (κ3) is 6.85. The molecule has 0 atom stereocenters. The molecule has 3 aromatic rings. The zero-order valence-electron chi connectivity index (χ0n) is 18.9. The van der Waals surface area contributed by atoms with Gasteiger partial charge < -0.3 is 25.2 Å². The van der Waals surface area contributed by atoms with E-state index in [-0.39, 0.29) is 40.0 Å². The maximum atomic E-state index is 12.6. The number of para-hydroxylation sites is 1. The second-order valence-electron chi connectivity index (χ2n) is 7.25. The number of carbonyl (C=O) groups is 3. The molecule has 182 valence electrons. The first-order valence-corrected chi connectivity index (χ1v) is 10.8. The number of benzene rings is 3. The molecule has 0 bridgehead atoms. The number of hydrogen-bond donors (Lipinski definition) is 3. The van der Waals surface area contributed by atoms with Crippen molar-refractivity contribution >= 4 is 46.8 Å². The fourth-order valence-electron chi connectivity index (χ4n) is 3.06. The summed E-state index contributed by atoms with van der Waals surface area (Å²) >= 11 is 6.33. The van der Waals surface area contributed by atoms with Gasteiger partial charge in [0.2, 0.25) is 0 Å². The molecule has 0 saturated carbocycles. The van der Waals surface area contributed by atoms with E-state index in [1.165, 1.54) is 49.6 Å². The molecule has 3 aromatic carbocycles. The first-order valence-electron chi connectivity index (χ1n) is 10.4. The maximum absolute atomic E-state index is 12.6. The molecule has 0 heterocycles. The fourth-order valence-corrected chi connectivity index (χ4v) is 3.34. The lowest BCUT2D eigenvalue weighted by atomic mass is 10.1. The predicted molar refractivity (Wildman–Crippen MR) is 134 cm³/mol. The van der Waals surface area contributed by atoms with Gasteiger partial charge in [0.1, 0.15) is 11.6 Å². The number of nitriles is 1. The highest BCUT2D eigenvalue weighted by Crippen LogP contribution is 2.37. The molecule has 0 aromatic heterocycles. The van der Waals surface area contributed by atoms with Crippen molar-refractivity contribution in [1.29, 1.82) is 5.26 Å². The van der Waals surface area contributed by atoms with E-state index >= 15 is 0 Å². The number of aromatic carboxylic acids is 1. The normalized spacial score (nSPS) is 10.6. The number of amides is 2. The standard InChI is InChI=1S/C26H20ClN3O6/c1-35-22-12-16(10-18(14-28)25(32)30-20-9-5-6-17(13-20)26(33)34)11-21(27)24(22)36-15-23(31)29-19-7-3-2-4-8-19/h2-13H,15H2,1H3,(H,29,31)(H,30,32)(H,33,34)/b18-10-. The van der Waals surface area contributed by atoms with Crippen LogP contribution in [0, 0.1) is 11.3 Å². The number of anilines is 2. The summed E-state index contributed by atoms with van der Waals surface area (Å²) in [6.07, 6.45) is 1.29. The van der Waals surface area contributed by atoms with Gasteiger partial charge in [-0.25, -0.2) is 4.79 Å². The molecule has 0 saturated heterocycles. The molecule has 3 rings (SSSR count). The van der Waals surface area contributed by atoms with Crippen LogP contribution >= 0.6 is 11.6 Å². The third-order valence-corrected chi connectivity index (χ3v) is 4.98. The van der Waals surface area contributed by atoms with E-state index in [2.05, 4.69) is 10.6 Å². The summed E-state index contributed by atoms with van der Waals surface area (Å²) in [6, 6.07) is 19.2. The minimum absolute atomic E-state index is 0.0140. The monoisotopic (exact) mass is 505 g/mol. The molecule has 2 amide bonds. The van der Waals surface area contributed by atoms with Gasteiger partial charge in [-0.05, 0) is 54.1 Å². The Kier molecular flexibility index (Phi) is 8.64. The number of hydrogen-bond acceptors (Lipinski definition) is 6. The Morgan fingerprint density at radius 1 is 1.03 bits per heavy atom. The fraction of sp³-hybridized carbons (Fsp3) is 0.0769. The number of nitrogens with one attached hydrogen (secondary N) is 2. The van der Waals surface area contributed by atoms with Crippen LogP contribution < -0.4 is 20.1 Å². The Bertz CT molecular complexity index is 1370. The largest absolute Gasteiger partial charge is 0.493 e. The maximum Gasteiger partial charge on any atom is 0.335 e. The van der Waals surface area contributed by atoms with Crippen LogP contribution in [0.4, 0.5) is 11.4 Å². The Hall–Kier alpha value is -4.81. The number of carboxylic acids is 1. The molecule has 0 aliphatic heterocycles. The lowest BCUT2D eigenvalue weighted by Crippen LogP contribution is -2.20. The minimum Gasteiger partial charge on any atom is -0.493 e. The van der Waals surface area contributed by atoms with Crippen LogP contribution in [0.3, 0.4) is 0 Å². The number of carboxylic acid groups (broad SMARTS) is 1. The molecule has 36 heavy (non-hydrogen) atoms. The average Bonchev–Trinajstić information content (AvgIpc) is 2.86. The van der Waals surface area contributed by atoms with Crippen LogP contribution in [0.1, 0.15) is 15.9 Å². The van der Waals surface area contributed by atoms with Gasteiger partial charge in [-0.2, -0.15) is 5.26 Å². The third-order valence-electron chi connectivity index (χ3n) is 4.70. The summed E-state index contributed by atoms with van der Waals surface area (Å²) in [6.45, 7) is -0.332. The summed E-state index contributed by atoms with van der Waals surface area (Å²) in [5.74, 6) is -1.99. The van der Waals surface area contributed by atoms with Crippen LogP contribution in [0.2, 0.25) is 5.02 Å². The Morgan fingerprint density at radius 3 is 2.42 bits per heavy atom. The van der Waals surface area contributed by atoms with Crippen molar-refractivity contribution in [3.8, 4) is 17.6 Å². The summed E-state index contributed by atoms with van der Waals surface area (Å²) in [7, 11) is 1.38. The summed E-state index contributed by atoms with van der Waals surface area (Å²) in [5, 5.41) is 23.9. The molecular formula is C26H20ClN3O6. The van der Waals surface area contributed by atoms with Gasteiger partial charge in [0, 0.05) is 11.4 Å². The first-order chi connectivity index (χ1) is 17.3. The predicted octanol–water partition coefficient (Wildman–Crippen LogP) is 4.61. The van der Waals surface area contributed by atoms with E-state index in [1.807, 2.05) is 12.1 Å². The van der Waals surface area contributed by atoms with Gasteiger partial charge in [-0.3, -0.25) is 9.59 Å². The van der Waals surface area contributed by atoms with Crippen LogP contribution in [0.5, 0.6) is 11.5 Å². The van der Waals surface area contributed by atoms with Crippen LogP contribution in [-0.2, 0) is 9.59 Å². The van der Waals surface area contributed by atoms with Crippen molar-refractivity contribution in [2.45, 2.75) is 0 Å². The van der Waals surface area contributed by atoms with E-state index in [0.29, 0.717) is 11.3 Å². The Balaban J connectivity index is 1.75. The topological polar surface area (TPSA) is 138 Å². The summed E-state index contributed by atoms with van der Waals surface area (Å²) in [4.78, 5) is 35.9. The average molecular weight is 506 g/mol. The Morgan fingerprint density at radius 2 is 1.75 bits per heavy atom. The molecule has 0 aliphatic carbocycles. The van der Waals surface area contributed by atoms with Gasteiger partial charge in [-0.15, -0.1) is 0 Å². The van der Waals surface area contributed by atoms with Crippen molar-refractivity contribution in [3.05, 3.63) is 88.5 Å². The van der Waals surface area contributed by atoms with Gasteiger partial charge in [0.25, 0.3) is 11.8 Å². The zero-order valence-corrected chi connectivity index (χ0v) is 19.7. The number of ether oxygens (including phenoxy) is 2. The van der Waals surface area contributed by atoms with Crippen molar-refractivity contribution in [1.82, 2.24) is 0 Å². The van der Waals surface area contributed by atoms with Crippen molar-refractivity contribution in [3.63, 3.8) is 0 Å². The molecule has 0 aliphatic rings. The Labute approximate surface area is 211 Å². The van der Waals surface area contributed by atoms with Gasteiger partial charge in [-0.1, -0.05) is 35.9 Å². The molecule has 0 radical (unpaired) electrons. The number of rotatable bonds is 9. The highest BCUT2D eigenvalue weighted by Gasteiger charge is 2.16. The lowest BCUT2D eigenvalue weighted by molar-refractivity contribution is -0.118. The molecule has 0 fully saturated rings. The first kappa shape index (κ1) is 25.8. The second kappa shape index (κ2) is 12.1. The number of methoxy groups -OCH3 is 1. The summed E-state index contributed by atoms with van der Waals surface area (Å²) < 4.78 is 10.9. The highest BCUT2D eigenvalue weighted by molar-refractivity contribution is 6.32. The molecule has 3 N–H and O–H groups in total. The minimum atomic E-state index is -1.15. The van der Waals surface area contributed by atoms with Crippen LogP contribution in [-0.4, -0.2) is 36.6 Å². The number of carbonyl (C=O) groups excluding carboxylic acids is 2. The SMILES string of the molecule is COc1cc(/C=C(/C#N)C(=O)Nc2cccc(C(=O)O)c2)cc(Cl)c1OCC(=O)Nc1ccccc1. The molecular weight excluding hydrogens is 486 g/mol.